The summed E-state index contributed by atoms with van der Waals surface area (Å²) in [6.07, 6.45) is 1.92. The maximum Gasteiger partial charge on any atom is 0.348 e. The lowest BCUT2D eigenvalue weighted by Crippen LogP contribution is -2.37. The molecule has 0 bridgehead atoms. The summed E-state index contributed by atoms with van der Waals surface area (Å²) in [5.41, 5.74) is 0.699. The Bertz CT molecular complexity index is 747. The van der Waals surface area contributed by atoms with Gasteiger partial charge in [-0.2, -0.15) is 0 Å². The van der Waals surface area contributed by atoms with Gasteiger partial charge in [-0.3, -0.25) is 9.59 Å². The molecule has 1 N–H and O–H groups in total. The lowest BCUT2D eigenvalue weighted by atomic mass is 10.3. The van der Waals surface area contributed by atoms with E-state index >= 15 is 0 Å². The number of ether oxygens (including phenoxy) is 1. The van der Waals surface area contributed by atoms with Gasteiger partial charge in [-0.15, -0.1) is 23.1 Å². The second-order valence-corrected chi connectivity index (χ2v) is 6.85. The standard InChI is InChI=1S/C17H18N2O4S2/c1-19(16(21)11-23-17(22)14-8-5-9-25-14)10-15(20)18-12-6-3-4-7-13(12)24-2/h3-9H,10-11H2,1-2H3,(H,18,20). The molecule has 0 fully saturated rings. The summed E-state index contributed by atoms with van der Waals surface area (Å²) in [7, 11) is 1.49. The molecule has 0 radical (unpaired) electrons. The fraction of sp³-hybridized carbons (Fsp3) is 0.235. The van der Waals surface area contributed by atoms with Gasteiger partial charge in [0.25, 0.3) is 5.91 Å². The molecule has 1 heterocycles. The van der Waals surface area contributed by atoms with E-state index in [4.69, 9.17) is 4.74 Å². The predicted molar refractivity (Wildman–Crippen MR) is 99.1 cm³/mol. The summed E-state index contributed by atoms with van der Waals surface area (Å²) < 4.78 is 4.95. The molecule has 0 saturated heterocycles. The fourth-order valence-electron chi connectivity index (χ4n) is 1.94. The highest BCUT2D eigenvalue weighted by molar-refractivity contribution is 7.98. The Labute approximate surface area is 154 Å². The van der Waals surface area contributed by atoms with Crippen LogP contribution in [0, 0.1) is 0 Å². The third-order valence-electron chi connectivity index (χ3n) is 3.24. The maximum atomic E-state index is 12.1. The van der Waals surface area contributed by atoms with E-state index in [1.54, 1.807) is 23.6 Å². The number of nitrogens with one attached hydrogen (secondary N) is 1. The van der Waals surface area contributed by atoms with Crippen LogP contribution in [0.25, 0.3) is 0 Å². The molecule has 2 rings (SSSR count). The average Bonchev–Trinajstić information content (AvgIpc) is 3.14. The molecule has 0 atom stereocenters. The van der Waals surface area contributed by atoms with E-state index < -0.39 is 18.5 Å². The van der Waals surface area contributed by atoms with Crippen molar-refractivity contribution in [2.45, 2.75) is 4.90 Å². The number of hydrogen-bond acceptors (Lipinski definition) is 6. The Balaban J connectivity index is 1.81. The number of thioether (sulfide) groups is 1. The van der Waals surface area contributed by atoms with Crippen molar-refractivity contribution in [2.75, 3.05) is 31.8 Å². The fourth-order valence-corrected chi connectivity index (χ4v) is 3.11. The molecule has 0 aliphatic rings. The first-order valence-corrected chi connectivity index (χ1v) is 9.49. The summed E-state index contributed by atoms with van der Waals surface area (Å²) in [5, 5.41) is 4.53. The van der Waals surface area contributed by atoms with E-state index in [-0.39, 0.29) is 12.5 Å². The van der Waals surface area contributed by atoms with Gasteiger partial charge in [-0.25, -0.2) is 4.79 Å². The summed E-state index contributed by atoms with van der Waals surface area (Å²) in [6.45, 7) is -0.528. The van der Waals surface area contributed by atoms with Gasteiger partial charge in [0.2, 0.25) is 5.91 Å². The minimum absolute atomic E-state index is 0.127. The molecule has 0 aliphatic heterocycles. The molecular formula is C17H18N2O4S2. The summed E-state index contributed by atoms with van der Waals surface area (Å²) in [6, 6.07) is 10.8. The summed E-state index contributed by atoms with van der Waals surface area (Å²) >= 11 is 2.76. The van der Waals surface area contributed by atoms with Crippen LogP contribution in [0.15, 0.2) is 46.7 Å². The Morgan fingerprint density at radius 1 is 1.20 bits per heavy atom. The van der Waals surface area contributed by atoms with Gasteiger partial charge >= 0.3 is 5.97 Å². The predicted octanol–water partition coefficient (Wildman–Crippen LogP) is 2.72. The molecule has 2 amide bonds. The molecule has 0 spiro atoms. The first kappa shape index (κ1) is 19.0. The molecule has 25 heavy (non-hydrogen) atoms. The van der Waals surface area contributed by atoms with Crippen molar-refractivity contribution < 1.29 is 19.1 Å². The van der Waals surface area contributed by atoms with Gasteiger partial charge < -0.3 is 15.0 Å². The van der Waals surface area contributed by atoms with E-state index in [0.29, 0.717) is 10.6 Å². The number of hydrogen-bond donors (Lipinski definition) is 1. The molecular weight excluding hydrogens is 360 g/mol. The summed E-state index contributed by atoms with van der Waals surface area (Å²) in [5.74, 6) is -1.31. The minimum atomic E-state index is -0.546. The lowest BCUT2D eigenvalue weighted by Gasteiger charge is -2.17. The van der Waals surface area contributed by atoms with Crippen LogP contribution >= 0.6 is 23.1 Å². The molecule has 1 aromatic heterocycles. The number of carbonyl (C=O) groups excluding carboxylic acids is 3. The van der Waals surface area contributed by atoms with Gasteiger partial charge in [0.05, 0.1) is 12.2 Å². The van der Waals surface area contributed by atoms with Crippen molar-refractivity contribution in [3.8, 4) is 0 Å². The van der Waals surface area contributed by atoms with Crippen LogP contribution in [0.2, 0.25) is 0 Å². The van der Waals surface area contributed by atoms with Crippen LogP contribution in [0.4, 0.5) is 5.69 Å². The average molecular weight is 378 g/mol. The number of anilines is 1. The zero-order valence-electron chi connectivity index (χ0n) is 13.9. The number of rotatable bonds is 7. The molecule has 132 valence electrons. The Hall–Kier alpha value is -2.32. The second-order valence-electron chi connectivity index (χ2n) is 5.05. The Kier molecular flexibility index (Phi) is 7.03. The highest BCUT2D eigenvalue weighted by Gasteiger charge is 2.17. The number of esters is 1. The van der Waals surface area contributed by atoms with Crippen LogP contribution < -0.4 is 5.32 Å². The van der Waals surface area contributed by atoms with Crippen LogP contribution in [-0.2, 0) is 14.3 Å². The third kappa shape index (κ3) is 5.61. The number of carbonyl (C=O) groups is 3. The van der Waals surface area contributed by atoms with Gasteiger partial charge in [0.1, 0.15) is 4.88 Å². The van der Waals surface area contributed by atoms with Gasteiger partial charge in [-0.1, -0.05) is 18.2 Å². The number of benzene rings is 1. The molecule has 0 unspecified atom stereocenters. The van der Waals surface area contributed by atoms with E-state index in [1.807, 2.05) is 24.5 Å². The third-order valence-corrected chi connectivity index (χ3v) is 4.88. The zero-order valence-corrected chi connectivity index (χ0v) is 15.5. The van der Waals surface area contributed by atoms with Crippen LogP contribution in [0.3, 0.4) is 0 Å². The maximum absolute atomic E-state index is 12.1. The highest BCUT2D eigenvalue weighted by Crippen LogP contribution is 2.24. The molecule has 0 saturated carbocycles. The van der Waals surface area contributed by atoms with Crippen molar-refractivity contribution in [3.05, 3.63) is 46.7 Å². The molecule has 8 heteroatoms. The smallest absolute Gasteiger partial charge is 0.348 e. The molecule has 2 aromatic rings. The second kappa shape index (κ2) is 9.24. The van der Waals surface area contributed by atoms with E-state index in [0.717, 1.165) is 4.90 Å². The molecule has 6 nitrogen and oxygen atoms in total. The van der Waals surface area contributed by atoms with Gasteiger partial charge in [-0.05, 0) is 29.8 Å². The largest absolute Gasteiger partial charge is 0.451 e. The quantitative estimate of drug-likeness (QED) is 0.592. The van der Waals surface area contributed by atoms with Crippen molar-refractivity contribution in [1.82, 2.24) is 4.90 Å². The normalized spacial score (nSPS) is 10.2. The lowest BCUT2D eigenvalue weighted by molar-refractivity contribution is -0.136. The number of amides is 2. The summed E-state index contributed by atoms with van der Waals surface area (Å²) in [4.78, 5) is 38.4. The first-order valence-electron chi connectivity index (χ1n) is 7.38. The minimum Gasteiger partial charge on any atom is -0.451 e. The zero-order chi connectivity index (χ0) is 18.2. The first-order chi connectivity index (χ1) is 12.0. The number of para-hydroxylation sites is 1. The van der Waals surface area contributed by atoms with Crippen LogP contribution in [0.5, 0.6) is 0 Å². The molecule has 1 aromatic carbocycles. The van der Waals surface area contributed by atoms with E-state index in [2.05, 4.69) is 5.32 Å². The monoisotopic (exact) mass is 378 g/mol. The van der Waals surface area contributed by atoms with Gasteiger partial charge in [0.15, 0.2) is 6.61 Å². The number of likely N-dealkylation sites (N-methyl/N-ethyl adjacent to an activating group) is 1. The van der Waals surface area contributed by atoms with E-state index in [1.165, 1.54) is 35.0 Å². The Morgan fingerprint density at radius 3 is 2.64 bits per heavy atom. The van der Waals surface area contributed by atoms with Crippen molar-refractivity contribution in [3.63, 3.8) is 0 Å². The van der Waals surface area contributed by atoms with Crippen LogP contribution in [-0.4, -0.2) is 49.1 Å². The number of nitrogens with zero attached hydrogens (tertiary/aromatic N) is 1. The van der Waals surface area contributed by atoms with Crippen LogP contribution in [0.1, 0.15) is 9.67 Å². The topological polar surface area (TPSA) is 75.7 Å². The van der Waals surface area contributed by atoms with Crippen molar-refractivity contribution in [1.29, 1.82) is 0 Å². The highest BCUT2D eigenvalue weighted by atomic mass is 32.2. The van der Waals surface area contributed by atoms with Crippen molar-refractivity contribution >= 4 is 46.6 Å². The number of thiophene rings is 1. The van der Waals surface area contributed by atoms with Crippen molar-refractivity contribution in [2.24, 2.45) is 0 Å². The Morgan fingerprint density at radius 2 is 1.96 bits per heavy atom. The molecule has 0 aliphatic carbocycles. The SMILES string of the molecule is CSc1ccccc1NC(=O)CN(C)C(=O)COC(=O)c1cccs1. The van der Waals surface area contributed by atoms with E-state index in [9.17, 15) is 14.4 Å². The van der Waals surface area contributed by atoms with Gasteiger partial charge in [0, 0.05) is 11.9 Å².